The van der Waals surface area contributed by atoms with Gasteiger partial charge in [0.2, 0.25) is 10.0 Å². The standard InChI is InChI=1S/C18H24N4O3S/c1-15-5-3-11-22(15)18(23)16-6-2-7-17(13-16)26(24,25)20-8-4-10-21-12-9-19-14-21/h2,6-7,9,12-15,20H,3-5,8,10-11H2,1H3/t15-/m0/s1. The van der Waals surface area contributed by atoms with Gasteiger partial charge in [0.15, 0.2) is 0 Å². The maximum atomic E-state index is 12.6. The fourth-order valence-electron chi connectivity index (χ4n) is 3.17. The van der Waals surface area contributed by atoms with Crippen LogP contribution in [0.3, 0.4) is 0 Å². The second-order valence-corrected chi connectivity index (χ2v) is 8.34. The van der Waals surface area contributed by atoms with Gasteiger partial charge in [0.25, 0.3) is 5.91 Å². The monoisotopic (exact) mass is 376 g/mol. The zero-order valence-electron chi connectivity index (χ0n) is 14.8. The quantitative estimate of drug-likeness (QED) is 0.748. The molecule has 0 radical (unpaired) electrons. The summed E-state index contributed by atoms with van der Waals surface area (Å²) >= 11 is 0. The topological polar surface area (TPSA) is 84.3 Å². The molecule has 1 aromatic heterocycles. The van der Waals surface area contributed by atoms with Crippen LogP contribution in [-0.4, -0.2) is 47.9 Å². The highest BCUT2D eigenvalue weighted by molar-refractivity contribution is 7.89. The van der Waals surface area contributed by atoms with E-state index >= 15 is 0 Å². The maximum absolute atomic E-state index is 12.6. The van der Waals surface area contributed by atoms with E-state index in [0.29, 0.717) is 25.1 Å². The number of likely N-dealkylation sites (tertiary alicyclic amines) is 1. The lowest BCUT2D eigenvalue weighted by Gasteiger charge is -2.21. The van der Waals surface area contributed by atoms with Crippen LogP contribution < -0.4 is 4.72 Å². The highest BCUT2D eigenvalue weighted by atomic mass is 32.2. The number of benzene rings is 1. The van der Waals surface area contributed by atoms with Gasteiger partial charge in [0.1, 0.15) is 0 Å². The Hall–Kier alpha value is -2.19. The number of nitrogens with zero attached hydrogens (tertiary/aromatic N) is 3. The minimum atomic E-state index is -3.64. The molecule has 1 aliphatic rings. The van der Waals surface area contributed by atoms with Crippen LogP contribution in [0, 0.1) is 0 Å². The predicted molar refractivity (Wildman–Crippen MR) is 98.2 cm³/mol. The van der Waals surface area contributed by atoms with E-state index in [4.69, 9.17) is 0 Å². The van der Waals surface area contributed by atoms with Crippen molar-refractivity contribution in [2.24, 2.45) is 0 Å². The maximum Gasteiger partial charge on any atom is 0.254 e. The van der Waals surface area contributed by atoms with Gasteiger partial charge in [0, 0.05) is 43.6 Å². The number of hydrogen-bond acceptors (Lipinski definition) is 4. The SMILES string of the molecule is C[C@H]1CCCN1C(=O)c1cccc(S(=O)(=O)NCCCn2ccnc2)c1. The largest absolute Gasteiger partial charge is 0.337 e. The molecule has 0 unspecified atom stereocenters. The highest BCUT2D eigenvalue weighted by Gasteiger charge is 2.26. The summed E-state index contributed by atoms with van der Waals surface area (Å²) in [5.41, 5.74) is 0.417. The van der Waals surface area contributed by atoms with E-state index in [-0.39, 0.29) is 16.8 Å². The summed E-state index contributed by atoms with van der Waals surface area (Å²) in [5, 5.41) is 0. The summed E-state index contributed by atoms with van der Waals surface area (Å²) in [4.78, 5) is 18.5. The van der Waals surface area contributed by atoms with Gasteiger partial charge in [-0.05, 0) is 44.4 Å². The Morgan fingerprint density at radius 1 is 1.38 bits per heavy atom. The average Bonchev–Trinajstić information content (AvgIpc) is 3.30. The molecule has 1 amide bonds. The van der Waals surface area contributed by atoms with E-state index in [9.17, 15) is 13.2 Å². The fraction of sp³-hybridized carbons (Fsp3) is 0.444. The van der Waals surface area contributed by atoms with E-state index < -0.39 is 10.0 Å². The molecule has 0 saturated carbocycles. The number of aryl methyl sites for hydroxylation is 1. The zero-order valence-corrected chi connectivity index (χ0v) is 15.7. The molecule has 2 heterocycles. The number of rotatable bonds is 7. The smallest absolute Gasteiger partial charge is 0.254 e. The zero-order chi connectivity index (χ0) is 18.6. The fourth-order valence-corrected chi connectivity index (χ4v) is 4.29. The number of nitrogens with one attached hydrogen (secondary N) is 1. The van der Waals surface area contributed by atoms with Crippen LogP contribution in [0.25, 0.3) is 0 Å². The summed E-state index contributed by atoms with van der Waals surface area (Å²) in [6.45, 7) is 3.76. The number of hydrogen-bond donors (Lipinski definition) is 1. The van der Waals surface area contributed by atoms with Crippen molar-refractivity contribution in [3.63, 3.8) is 0 Å². The molecule has 8 heteroatoms. The van der Waals surface area contributed by atoms with Crippen molar-refractivity contribution in [1.29, 1.82) is 0 Å². The van der Waals surface area contributed by atoms with Crippen LogP contribution in [0.15, 0.2) is 47.9 Å². The first kappa shape index (κ1) is 18.6. The van der Waals surface area contributed by atoms with Crippen LogP contribution in [0.5, 0.6) is 0 Å². The summed E-state index contributed by atoms with van der Waals surface area (Å²) in [5.74, 6) is -0.104. The average molecular weight is 376 g/mol. The molecule has 1 atom stereocenters. The molecule has 1 N–H and O–H groups in total. The molecule has 1 aliphatic heterocycles. The van der Waals surface area contributed by atoms with Gasteiger partial charge in [-0.1, -0.05) is 6.07 Å². The molecule has 1 saturated heterocycles. The van der Waals surface area contributed by atoms with Gasteiger partial charge in [-0.2, -0.15) is 0 Å². The van der Waals surface area contributed by atoms with Crippen molar-refractivity contribution in [1.82, 2.24) is 19.2 Å². The Morgan fingerprint density at radius 2 is 2.23 bits per heavy atom. The molecule has 1 fully saturated rings. The van der Waals surface area contributed by atoms with Crippen LogP contribution in [-0.2, 0) is 16.6 Å². The molecule has 0 aliphatic carbocycles. The van der Waals surface area contributed by atoms with Crippen LogP contribution in [0.4, 0.5) is 0 Å². The number of carbonyl (C=O) groups is 1. The molecule has 26 heavy (non-hydrogen) atoms. The van der Waals surface area contributed by atoms with Gasteiger partial charge in [-0.3, -0.25) is 4.79 Å². The Balaban J connectivity index is 1.63. The van der Waals surface area contributed by atoms with Crippen LogP contribution >= 0.6 is 0 Å². The van der Waals surface area contributed by atoms with E-state index in [2.05, 4.69) is 9.71 Å². The first-order valence-electron chi connectivity index (χ1n) is 8.84. The van der Waals surface area contributed by atoms with Gasteiger partial charge < -0.3 is 9.47 Å². The lowest BCUT2D eigenvalue weighted by atomic mass is 10.2. The van der Waals surface area contributed by atoms with Crippen molar-refractivity contribution in [3.8, 4) is 0 Å². The first-order valence-corrected chi connectivity index (χ1v) is 10.3. The lowest BCUT2D eigenvalue weighted by molar-refractivity contribution is 0.0747. The van der Waals surface area contributed by atoms with E-state index in [1.165, 1.54) is 12.1 Å². The molecule has 2 aromatic rings. The summed E-state index contributed by atoms with van der Waals surface area (Å²) in [6, 6.07) is 6.47. The van der Waals surface area contributed by atoms with Crippen molar-refractivity contribution in [2.75, 3.05) is 13.1 Å². The third-order valence-corrected chi connectivity index (χ3v) is 6.11. The van der Waals surface area contributed by atoms with Crippen molar-refractivity contribution in [3.05, 3.63) is 48.5 Å². The molecular weight excluding hydrogens is 352 g/mol. The number of imidazole rings is 1. The number of sulfonamides is 1. The number of aromatic nitrogens is 2. The first-order chi connectivity index (χ1) is 12.5. The minimum absolute atomic E-state index is 0.104. The molecule has 0 spiro atoms. The third-order valence-electron chi connectivity index (χ3n) is 4.65. The van der Waals surface area contributed by atoms with Crippen LogP contribution in [0.2, 0.25) is 0 Å². The number of carbonyl (C=O) groups excluding carboxylic acids is 1. The van der Waals surface area contributed by atoms with Crippen LogP contribution in [0.1, 0.15) is 36.5 Å². The van der Waals surface area contributed by atoms with E-state index in [1.54, 1.807) is 24.7 Å². The molecule has 140 valence electrons. The van der Waals surface area contributed by atoms with E-state index in [0.717, 1.165) is 19.4 Å². The third kappa shape index (κ3) is 4.31. The van der Waals surface area contributed by atoms with Gasteiger partial charge in [0.05, 0.1) is 11.2 Å². The molecule has 0 bridgehead atoms. The summed E-state index contributed by atoms with van der Waals surface area (Å²) in [6.07, 6.45) is 7.85. The Morgan fingerprint density at radius 3 is 2.92 bits per heavy atom. The Bertz CT molecular complexity index is 849. The van der Waals surface area contributed by atoms with Crippen molar-refractivity contribution in [2.45, 2.75) is 43.7 Å². The predicted octanol–water partition coefficient (Wildman–Crippen LogP) is 1.88. The highest BCUT2D eigenvalue weighted by Crippen LogP contribution is 2.21. The molecule has 7 nitrogen and oxygen atoms in total. The molecular formula is C18H24N4O3S. The van der Waals surface area contributed by atoms with Crippen molar-refractivity contribution < 1.29 is 13.2 Å². The second kappa shape index (κ2) is 8.01. The minimum Gasteiger partial charge on any atom is -0.337 e. The van der Waals surface area contributed by atoms with Crippen molar-refractivity contribution >= 4 is 15.9 Å². The van der Waals surface area contributed by atoms with Gasteiger partial charge >= 0.3 is 0 Å². The van der Waals surface area contributed by atoms with E-state index in [1.807, 2.05) is 22.6 Å². The summed E-state index contributed by atoms with van der Waals surface area (Å²) in [7, 11) is -3.64. The Kier molecular flexibility index (Phi) is 5.73. The van der Waals surface area contributed by atoms with Gasteiger partial charge in [-0.25, -0.2) is 18.1 Å². The molecule has 3 rings (SSSR count). The second-order valence-electron chi connectivity index (χ2n) is 6.57. The molecule has 1 aromatic carbocycles. The van der Waals surface area contributed by atoms with Gasteiger partial charge in [-0.15, -0.1) is 0 Å². The summed E-state index contributed by atoms with van der Waals surface area (Å²) < 4.78 is 29.5. The normalized spacial score (nSPS) is 17.6. The number of amides is 1. The lowest BCUT2D eigenvalue weighted by Crippen LogP contribution is -2.33. The Labute approximate surface area is 154 Å².